The quantitative estimate of drug-likeness (QED) is 0.890. The van der Waals surface area contributed by atoms with Crippen LogP contribution in [0, 0.1) is 18.6 Å². The molecule has 18 heavy (non-hydrogen) atoms. The highest BCUT2D eigenvalue weighted by Gasteiger charge is 2.23. The van der Waals surface area contributed by atoms with Gasteiger partial charge in [0.2, 0.25) is 0 Å². The molecule has 4 heteroatoms. The highest BCUT2D eigenvalue weighted by Crippen LogP contribution is 2.26. The van der Waals surface area contributed by atoms with Crippen molar-refractivity contribution in [3.05, 3.63) is 29.3 Å². The molecule has 1 N–H and O–H groups in total. The van der Waals surface area contributed by atoms with Crippen molar-refractivity contribution in [1.29, 1.82) is 0 Å². The molecule has 0 amide bonds. The van der Waals surface area contributed by atoms with Crippen LogP contribution in [0.25, 0.3) is 0 Å². The third-order valence-electron chi connectivity index (χ3n) is 3.46. The van der Waals surface area contributed by atoms with Crippen LogP contribution in [0.2, 0.25) is 0 Å². The molecule has 2 unspecified atom stereocenters. The van der Waals surface area contributed by atoms with Crippen LogP contribution in [0.15, 0.2) is 12.1 Å². The standard InChI is InChI=1S/C14H19F2NO/c1-3-11-8-10(6-7-18-11)17-14-12(15)5-4-9(2)13(14)16/h4-5,10-11,17H,3,6-8H2,1-2H3. The van der Waals surface area contributed by atoms with Crippen molar-refractivity contribution in [3.63, 3.8) is 0 Å². The largest absolute Gasteiger partial charge is 0.378 e. The Kier molecular flexibility index (Phi) is 4.17. The Labute approximate surface area is 106 Å². The molecule has 2 rings (SSSR count). The number of nitrogens with one attached hydrogen (secondary N) is 1. The van der Waals surface area contributed by atoms with Crippen LogP contribution in [-0.2, 0) is 4.74 Å². The van der Waals surface area contributed by atoms with Gasteiger partial charge in [-0.15, -0.1) is 0 Å². The van der Waals surface area contributed by atoms with Gasteiger partial charge in [-0.05, 0) is 37.8 Å². The topological polar surface area (TPSA) is 21.3 Å². The van der Waals surface area contributed by atoms with Crippen molar-refractivity contribution in [2.24, 2.45) is 0 Å². The van der Waals surface area contributed by atoms with Crippen molar-refractivity contribution in [2.45, 2.75) is 45.3 Å². The van der Waals surface area contributed by atoms with Gasteiger partial charge < -0.3 is 10.1 Å². The summed E-state index contributed by atoms with van der Waals surface area (Å²) < 4.78 is 33.0. The molecule has 1 aromatic rings. The first-order chi connectivity index (χ1) is 8.61. The first-order valence-electron chi connectivity index (χ1n) is 6.44. The smallest absolute Gasteiger partial charge is 0.152 e. The molecular formula is C14H19F2NO. The summed E-state index contributed by atoms with van der Waals surface area (Å²) in [6, 6.07) is 2.83. The van der Waals surface area contributed by atoms with Gasteiger partial charge in [-0.3, -0.25) is 0 Å². The molecule has 0 aromatic heterocycles. The number of ether oxygens (including phenoxy) is 1. The third kappa shape index (κ3) is 2.80. The Bertz CT molecular complexity index is 423. The summed E-state index contributed by atoms with van der Waals surface area (Å²) >= 11 is 0. The van der Waals surface area contributed by atoms with Crippen LogP contribution < -0.4 is 5.32 Å². The van der Waals surface area contributed by atoms with E-state index in [0.717, 1.165) is 19.3 Å². The maximum absolute atomic E-state index is 13.9. The summed E-state index contributed by atoms with van der Waals surface area (Å²) in [5.74, 6) is -1.02. The molecule has 2 atom stereocenters. The summed E-state index contributed by atoms with van der Waals surface area (Å²) in [4.78, 5) is 0. The molecular weight excluding hydrogens is 236 g/mol. The molecule has 1 fully saturated rings. The summed E-state index contributed by atoms with van der Waals surface area (Å²) in [6.45, 7) is 4.34. The van der Waals surface area contributed by atoms with Gasteiger partial charge in [-0.25, -0.2) is 8.78 Å². The third-order valence-corrected chi connectivity index (χ3v) is 3.46. The average Bonchev–Trinajstić information content (AvgIpc) is 2.39. The van der Waals surface area contributed by atoms with Gasteiger partial charge in [-0.1, -0.05) is 13.0 Å². The zero-order valence-corrected chi connectivity index (χ0v) is 10.8. The van der Waals surface area contributed by atoms with Crippen LogP contribution >= 0.6 is 0 Å². The molecule has 2 nitrogen and oxygen atoms in total. The zero-order valence-electron chi connectivity index (χ0n) is 10.8. The Morgan fingerprint density at radius 3 is 2.89 bits per heavy atom. The number of hydrogen-bond acceptors (Lipinski definition) is 2. The van der Waals surface area contributed by atoms with Crippen molar-refractivity contribution >= 4 is 5.69 Å². The van der Waals surface area contributed by atoms with Crippen LogP contribution in [0.3, 0.4) is 0 Å². The predicted molar refractivity (Wildman–Crippen MR) is 67.8 cm³/mol. The van der Waals surface area contributed by atoms with Crippen molar-refractivity contribution in [1.82, 2.24) is 0 Å². The Morgan fingerprint density at radius 2 is 2.17 bits per heavy atom. The Hall–Kier alpha value is -1.16. The number of hydrogen-bond donors (Lipinski definition) is 1. The second-order valence-corrected chi connectivity index (χ2v) is 4.82. The number of benzene rings is 1. The highest BCUT2D eigenvalue weighted by molar-refractivity contribution is 5.49. The van der Waals surface area contributed by atoms with E-state index >= 15 is 0 Å². The molecule has 1 aliphatic heterocycles. The van der Waals surface area contributed by atoms with E-state index in [2.05, 4.69) is 12.2 Å². The zero-order chi connectivity index (χ0) is 13.1. The highest BCUT2D eigenvalue weighted by atomic mass is 19.1. The fraction of sp³-hybridized carbons (Fsp3) is 0.571. The van der Waals surface area contributed by atoms with Crippen molar-refractivity contribution < 1.29 is 13.5 Å². The summed E-state index contributed by atoms with van der Waals surface area (Å²) in [6.07, 6.45) is 2.69. The van der Waals surface area contributed by atoms with E-state index in [1.54, 1.807) is 6.92 Å². The maximum Gasteiger partial charge on any atom is 0.152 e. The van der Waals surface area contributed by atoms with E-state index in [9.17, 15) is 8.78 Å². The van der Waals surface area contributed by atoms with E-state index in [0.29, 0.717) is 12.2 Å². The lowest BCUT2D eigenvalue weighted by Crippen LogP contribution is -2.34. The lowest BCUT2D eigenvalue weighted by atomic mass is 10.0. The molecule has 100 valence electrons. The van der Waals surface area contributed by atoms with Crippen LogP contribution in [-0.4, -0.2) is 18.8 Å². The van der Waals surface area contributed by atoms with E-state index in [1.165, 1.54) is 12.1 Å². The average molecular weight is 255 g/mol. The minimum atomic E-state index is -0.530. The summed E-state index contributed by atoms with van der Waals surface area (Å²) in [7, 11) is 0. The number of aryl methyl sites for hydroxylation is 1. The molecule has 0 spiro atoms. The van der Waals surface area contributed by atoms with Gasteiger partial charge in [0.15, 0.2) is 5.82 Å². The van der Waals surface area contributed by atoms with Crippen LogP contribution in [0.1, 0.15) is 31.7 Å². The summed E-state index contributed by atoms with van der Waals surface area (Å²) in [5, 5.41) is 2.99. The normalized spacial score (nSPS) is 24.0. The van der Waals surface area contributed by atoms with Gasteiger partial charge in [0.25, 0.3) is 0 Å². The predicted octanol–water partition coefficient (Wildman–Crippen LogP) is 3.64. The molecule has 1 aromatic carbocycles. The van der Waals surface area contributed by atoms with Gasteiger partial charge >= 0.3 is 0 Å². The van der Waals surface area contributed by atoms with Crippen molar-refractivity contribution in [3.8, 4) is 0 Å². The van der Waals surface area contributed by atoms with Gasteiger partial charge in [0, 0.05) is 12.6 Å². The van der Waals surface area contributed by atoms with Crippen LogP contribution in [0.4, 0.5) is 14.5 Å². The number of halogens is 2. The Balaban J connectivity index is 2.11. The maximum atomic E-state index is 13.9. The van der Waals surface area contributed by atoms with Gasteiger partial charge in [-0.2, -0.15) is 0 Å². The molecule has 0 radical (unpaired) electrons. The van der Waals surface area contributed by atoms with E-state index in [-0.39, 0.29) is 17.8 Å². The van der Waals surface area contributed by atoms with E-state index in [4.69, 9.17) is 4.74 Å². The molecule has 1 saturated heterocycles. The Morgan fingerprint density at radius 1 is 1.39 bits per heavy atom. The number of anilines is 1. The number of rotatable bonds is 3. The van der Waals surface area contributed by atoms with Crippen molar-refractivity contribution in [2.75, 3.05) is 11.9 Å². The van der Waals surface area contributed by atoms with E-state index in [1.807, 2.05) is 0 Å². The fourth-order valence-electron chi connectivity index (χ4n) is 2.29. The molecule has 1 heterocycles. The molecule has 1 aliphatic rings. The first-order valence-corrected chi connectivity index (χ1v) is 6.44. The first kappa shape index (κ1) is 13.3. The second-order valence-electron chi connectivity index (χ2n) is 4.82. The molecule has 0 aliphatic carbocycles. The van der Waals surface area contributed by atoms with E-state index < -0.39 is 11.6 Å². The van der Waals surface area contributed by atoms with Gasteiger partial charge in [0.1, 0.15) is 11.5 Å². The van der Waals surface area contributed by atoms with Crippen LogP contribution in [0.5, 0.6) is 0 Å². The molecule has 0 bridgehead atoms. The summed E-state index contributed by atoms with van der Waals surface area (Å²) in [5.41, 5.74) is 0.453. The lowest BCUT2D eigenvalue weighted by Gasteiger charge is -2.30. The minimum absolute atomic E-state index is 0.00301. The second kappa shape index (κ2) is 5.65. The van der Waals surface area contributed by atoms with Gasteiger partial charge in [0.05, 0.1) is 6.10 Å². The monoisotopic (exact) mass is 255 g/mol. The molecule has 0 saturated carbocycles. The minimum Gasteiger partial charge on any atom is -0.378 e. The SMILES string of the molecule is CCC1CC(Nc2c(F)ccc(C)c2F)CCO1. The fourth-order valence-corrected chi connectivity index (χ4v) is 2.29. The lowest BCUT2D eigenvalue weighted by molar-refractivity contribution is 0.00916.